The summed E-state index contributed by atoms with van der Waals surface area (Å²) >= 11 is 0. The van der Waals surface area contributed by atoms with Crippen LogP contribution in [-0.4, -0.2) is 39.8 Å². The van der Waals surface area contributed by atoms with Crippen molar-refractivity contribution in [1.82, 2.24) is 5.32 Å². The Morgan fingerprint density at radius 1 is 1.24 bits per heavy atom. The van der Waals surface area contributed by atoms with Crippen molar-refractivity contribution in [3.05, 3.63) is 24.3 Å². The van der Waals surface area contributed by atoms with Gasteiger partial charge in [-0.1, -0.05) is 26.0 Å². The van der Waals surface area contributed by atoms with Gasteiger partial charge < -0.3 is 10.2 Å². The average Bonchev–Trinajstić information content (AvgIpc) is 2.53. The number of anilines is 1. The van der Waals surface area contributed by atoms with Crippen molar-refractivity contribution in [3.8, 4) is 0 Å². The highest BCUT2D eigenvalue weighted by Crippen LogP contribution is 2.31. The molecule has 0 aromatic heterocycles. The quantitative estimate of drug-likeness (QED) is 0.877. The summed E-state index contributed by atoms with van der Waals surface area (Å²) in [5.74, 6) is 0.149. The van der Waals surface area contributed by atoms with E-state index in [-0.39, 0.29) is 5.75 Å². The topological polar surface area (TPSA) is 49.4 Å². The summed E-state index contributed by atoms with van der Waals surface area (Å²) in [5.41, 5.74) is 0.877. The van der Waals surface area contributed by atoms with Gasteiger partial charge in [0.2, 0.25) is 0 Å². The highest BCUT2D eigenvalue weighted by atomic mass is 32.2. The highest BCUT2D eigenvalue weighted by Gasteiger charge is 2.27. The fraction of sp³-hybridized carbons (Fsp3) is 0.625. The molecule has 1 saturated heterocycles. The van der Waals surface area contributed by atoms with Crippen LogP contribution in [0.1, 0.15) is 33.1 Å². The van der Waals surface area contributed by atoms with Crippen LogP contribution in [0, 0.1) is 0 Å². The van der Waals surface area contributed by atoms with E-state index in [1.54, 1.807) is 13.0 Å². The molecule has 4 nitrogen and oxygen atoms in total. The molecule has 0 aliphatic carbocycles. The summed E-state index contributed by atoms with van der Waals surface area (Å²) in [6.45, 7) is 6.60. The maximum absolute atomic E-state index is 12.3. The van der Waals surface area contributed by atoms with E-state index in [0.29, 0.717) is 10.9 Å². The number of hydrogen-bond acceptors (Lipinski definition) is 4. The molecule has 1 heterocycles. The van der Waals surface area contributed by atoms with E-state index in [9.17, 15) is 8.42 Å². The van der Waals surface area contributed by atoms with Gasteiger partial charge in [-0.2, -0.15) is 0 Å². The second-order valence-electron chi connectivity index (χ2n) is 5.52. The number of rotatable bonds is 6. The van der Waals surface area contributed by atoms with Gasteiger partial charge >= 0.3 is 0 Å². The van der Waals surface area contributed by atoms with Crippen molar-refractivity contribution >= 4 is 15.5 Å². The molecule has 1 aliphatic rings. The first kappa shape index (κ1) is 16.3. The molecule has 2 rings (SSSR count). The van der Waals surface area contributed by atoms with Crippen LogP contribution in [0.3, 0.4) is 0 Å². The minimum atomic E-state index is -3.18. The van der Waals surface area contributed by atoms with Crippen molar-refractivity contribution < 1.29 is 8.42 Å². The fourth-order valence-corrected chi connectivity index (χ4v) is 4.05. The molecular weight excluding hydrogens is 284 g/mol. The minimum Gasteiger partial charge on any atom is -0.366 e. The van der Waals surface area contributed by atoms with Gasteiger partial charge in [0, 0.05) is 19.1 Å². The van der Waals surface area contributed by atoms with Crippen molar-refractivity contribution in [2.45, 2.75) is 44.0 Å². The monoisotopic (exact) mass is 310 g/mol. The first-order valence-corrected chi connectivity index (χ1v) is 9.54. The molecule has 1 unspecified atom stereocenters. The Labute approximate surface area is 128 Å². The number of likely N-dealkylation sites (N-methyl/N-ethyl adjacent to an activating group) is 1. The molecule has 1 atom stereocenters. The van der Waals surface area contributed by atoms with Crippen LogP contribution in [-0.2, 0) is 9.84 Å². The molecular formula is C16H26N2O2S. The Morgan fingerprint density at radius 3 is 2.71 bits per heavy atom. The summed E-state index contributed by atoms with van der Waals surface area (Å²) in [4.78, 5) is 2.77. The van der Waals surface area contributed by atoms with Gasteiger partial charge in [-0.05, 0) is 37.9 Å². The number of sulfone groups is 1. The number of nitrogens with one attached hydrogen (secondary N) is 1. The molecule has 1 aliphatic heterocycles. The van der Waals surface area contributed by atoms with Crippen LogP contribution in [0.15, 0.2) is 29.2 Å². The van der Waals surface area contributed by atoms with Crippen LogP contribution >= 0.6 is 0 Å². The molecule has 1 aromatic carbocycles. The Bertz CT molecular complexity index is 557. The summed E-state index contributed by atoms with van der Waals surface area (Å²) in [6, 6.07) is 7.82. The average molecular weight is 310 g/mol. The standard InChI is InChI=1S/C16H26N2O2S/c1-3-17-13-14-9-7-8-12-18(14)15-10-5-6-11-16(15)21(19,20)4-2/h5-6,10-11,14,17H,3-4,7-9,12-13H2,1-2H3. The lowest BCUT2D eigenvalue weighted by Gasteiger charge is -2.38. The van der Waals surface area contributed by atoms with Gasteiger partial charge in [-0.25, -0.2) is 8.42 Å². The molecule has 0 saturated carbocycles. The summed E-state index contributed by atoms with van der Waals surface area (Å²) in [5, 5.41) is 3.40. The van der Waals surface area contributed by atoms with Crippen LogP contribution in [0.2, 0.25) is 0 Å². The molecule has 0 bridgehead atoms. The highest BCUT2D eigenvalue weighted by molar-refractivity contribution is 7.91. The van der Waals surface area contributed by atoms with E-state index in [2.05, 4.69) is 17.1 Å². The number of nitrogens with zero attached hydrogens (tertiary/aromatic N) is 1. The fourth-order valence-electron chi connectivity index (χ4n) is 2.95. The Balaban J connectivity index is 2.35. The summed E-state index contributed by atoms with van der Waals surface area (Å²) in [7, 11) is -3.18. The van der Waals surface area contributed by atoms with E-state index in [1.165, 1.54) is 6.42 Å². The molecule has 0 amide bonds. The predicted molar refractivity (Wildman–Crippen MR) is 87.7 cm³/mol. The third-order valence-corrected chi connectivity index (χ3v) is 5.92. The van der Waals surface area contributed by atoms with E-state index in [1.807, 2.05) is 18.2 Å². The maximum Gasteiger partial charge on any atom is 0.180 e. The molecule has 0 spiro atoms. The number of piperidine rings is 1. The number of benzene rings is 1. The van der Waals surface area contributed by atoms with Crippen molar-refractivity contribution in [3.63, 3.8) is 0 Å². The maximum atomic E-state index is 12.3. The van der Waals surface area contributed by atoms with Crippen LogP contribution in [0.25, 0.3) is 0 Å². The van der Waals surface area contributed by atoms with Crippen molar-refractivity contribution in [2.24, 2.45) is 0 Å². The van der Waals surface area contributed by atoms with E-state index < -0.39 is 9.84 Å². The zero-order valence-electron chi connectivity index (χ0n) is 13.0. The van der Waals surface area contributed by atoms with Gasteiger partial charge in [-0.3, -0.25) is 0 Å². The van der Waals surface area contributed by atoms with E-state index >= 15 is 0 Å². The van der Waals surface area contributed by atoms with Gasteiger partial charge in [-0.15, -0.1) is 0 Å². The number of para-hydroxylation sites is 1. The molecule has 1 fully saturated rings. The summed E-state index contributed by atoms with van der Waals surface area (Å²) in [6.07, 6.45) is 3.46. The SMILES string of the molecule is CCNCC1CCCCN1c1ccccc1S(=O)(=O)CC. The largest absolute Gasteiger partial charge is 0.366 e. The lowest BCUT2D eigenvalue weighted by Crippen LogP contribution is -2.46. The van der Waals surface area contributed by atoms with Crippen LogP contribution in [0.4, 0.5) is 5.69 Å². The van der Waals surface area contributed by atoms with E-state index in [0.717, 1.165) is 38.2 Å². The zero-order valence-corrected chi connectivity index (χ0v) is 13.8. The second kappa shape index (κ2) is 7.27. The lowest BCUT2D eigenvalue weighted by atomic mass is 10.0. The lowest BCUT2D eigenvalue weighted by molar-refractivity contribution is 0.437. The molecule has 5 heteroatoms. The van der Waals surface area contributed by atoms with Crippen LogP contribution in [0.5, 0.6) is 0 Å². The number of hydrogen-bond donors (Lipinski definition) is 1. The van der Waals surface area contributed by atoms with Crippen molar-refractivity contribution in [2.75, 3.05) is 30.3 Å². The molecule has 118 valence electrons. The van der Waals surface area contributed by atoms with Crippen molar-refractivity contribution in [1.29, 1.82) is 0 Å². The third-order valence-electron chi connectivity index (χ3n) is 4.15. The third kappa shape index (κ3) is 3.77. The predicted octanol–water partition coefficient (Wildman–Crippen LogP) is 2.45. The smallest absolute Gasteiger partial charge is 0.180 e. The Hall–Kier alpha value is -1.07. The first-order valence-electron chi connectivity index (χ1n) is 7.89. The first-order chi connectivity index (χ1) is 10.1. The molecule has 0 radical (unpaired) electrons. The van der Waals surface area contributed by atoms with Gasteiger partial charge in [0.05, 0.1) is 16.3 Å². The second-order valence-corrected chi connectivity index (χ2v) is 7.77. The van der Waals surface area contributed by atoms with Gasteiger partial charge in [0.25, 0.3) is 0 Å². The minimum absolute atomic E-state index is 0.149. The molecule has 1 N–H and O–H groups in total. The molecule has 21 heavy (non-hydrogen) atoms. The normalized spacial score (nSPS) is 19.7. The summed E-state index contributed by atoms with van der Waals surface area (Å²) < 4.78 is 24.7. The van der Waals surface area contributed by atoms with E-state index in [4.69, 9.17) is 0 Å². The Kier molecular flexibility index (Phi) is 5.65. The zero-order chi connectivity index (χ0) is 15.3. The Morgan fingerprint density at radius 2 is 2.00 bits per heavy atom. The van der Waals surface area contributed by atoms with Gasteiger partial charge in [0.15, 0.2) is 9.84 Å². The molecule has 1 aromatic rings. The van der Waals surface area contributed by atoms with Crippen LogP contribution < -0.4 is 10.2 Å². The van der Waals surface area contributed by atoms with Gasteiger partial charge in [0.1, 0.15) is 0 Å².